The Morgan fingerprint density at radius 1 is 1.27 bits per heavy atom. The molecule has 0 aliphatic carbocycles. The molecule has 2 amide bonds. The number of alkyl halides is 2. The van der Waals surface area contributed by atoms with Crippen molar-refractivity contribution in [3.8, 4) is 17.1 Å². The Bertz CT molecular complexity index is 1310. The number of nitrogens with two attached hydrogens (primary N) is 1. The summed E-state index contributed by atoms with van der Waals surface area (Å²) < 4.78 is 36.0. The van der Waals surface area contributed by atoms with Crippen LogP contribution in [0.5, 0.6) is 5.75 Å². The van der Waals surface area contributed by atoms with Crippen LogP contribution < -0.4 is 15.8 Å². The van der Waals surface area contributed by atoms with Crippen molar-refractivity contribution in [2.24, 2.45) is 5.73 Å². The molecule has 2 aromatic heterocycles. The van der Waals surface area contributed by atoms with Crippen molar-refractivity contribution in [3.63, 3.8) is 0 Å². The van der Waals surface area contributed by atoms with E-state index in [2.05, 4.69) is 26.8 Å². The summed E-state index contributed by atoms with van der Waals surface area (Å²) in [6, 6.07) is 5.90. The molecule has 3 N–H and O–H groups in total. The summed E-state index contributed by atoms with van der Waals surface area (Å²) >= 11 is 1.98. The molecule has 0 saturated carbocycles. The largest absolute Gasteiger partial charge is 0.462 e. The van der Waals surface area contributed by atoms with E-state index in [0.717, 1.165) is 23.1 Å². The van der Waals surface area contributed by atoms with Gasteiger partial charge in [0, 0.05) is 12.1 Å². The minimum atomic E-state index is -2.93. The van der Waals surface area contributed by atoms with E-state index in [1.54, 1.807) is 36.6 Å². The summed E-state index contributed by atoms with van der Waals surface area (Å²) in [4.78, 5) is 37.0. The summed E-state index contributed by atoms with van der Waals surface area (Å²) in [5.74, 6) is -1.51. The molecule has 3 aromatic rings. The molecule has 0 aliphatic rings. The summed E-state index contributed by atoms with van der Waals surface area (Å²) in [7, 11) is 0. The van der Waals surface area contributed by atoms with Crippen molar-refractivity contribution in [1.82, 2.24) is 14.8 Å². The maximum Gasteiger partial charge on any atom is 0.387 e. The zero-order valence-electron chi connectivity index (χ0n) is 19.8. The number of thioether (sulfide) groups is 1. The molecule has 10 nitrogen and oxygen atoms in total. The lowest BCUT2D eigenvalue weighted by Gasteiger charge is -2.09. The zero-order valence-corrected chi connectivity index (χ0v) is 21.5. The number of nitrogens with zero attached hydrogens (tertiary/aromatic N) is 3. The lowest BCUT2D eigenvalue weighted by Crippen LogP contribution is -2.17. The molecule has 0 spiro atoms. The van der Waals surface area contributed by atoms with E-state index in [0.29, 0.717) is 28.7 Å². The number of ether oxygens (including phenoxy) is 2. The summed E-state index contributed by atoms with van der Waals surface area (Å²) in [6.45, 7) is 4.43. The van der Waals surface area contributed by atoms with Gasteiger partial charge >= 0.3 is 12.6 Å². The first-order valence-corrected chi connectivity index (χ1v) is 12.6. The number of benzene rings is 1. The number of hydrogen-bond donors (Lipinski definition) is 2. The van der Waals surface area contributed by atoms with Gasteiger partial charge in [-0.3, -0.25) is 14.2 Å². The second kappa shape index (κ2) is 12.5. The predicted molar refractivity (Wildman–Crippen MR) is 135 cm³/mol. The van der Waals surface area contributed by atoms with Gasteiger partial charge in [-0.15, -0.1) is 28.1 Å². The molecule has 14 heteroatoms. The van der Waals surface area contributed by atoms with E-state index in [-0.39, 0.29) is 33.6 Å². The van der Waals surface area contributed by atoms with Gasteiger partial charge in [-0.05, 0) is 43.7 Å². The van der Waals surface area contributed by atoms with Gasteiger partial charge in [0.2, 0.25) is 5.91 Å². The van der Waals surface area contributed by atoms with E-state index in [4.69, 9.17) is 10.5 Å². The van der Waals surface area contributed by atoms with E-state index in [1.165, 1.54) is 12.1 Å². The third kappa shape index (κ3) is 6.71. The first-order chi connectivity index (χ1) is 17.7. The molecule has 0 aliphatic heterocycles. The van der Waals surface area contributed by atoms with Gasteiger partial charge in [-0.1, -0.05) is 17.8 Å². The van der Waals surface area contributed by atoms with Crippen molar-refractivity contribution < 1.29 is 32.6 Å². The maximum atomic E-state index is 12.7. The Labute approximate surface area is 218 Å². The number of amides is 2. The van der Waals surface area contributed by atoms with Crippen LogP contribution in [0.2, 0.25) is 0 Å². The van der Waals surface area contributed by atoms with Crippen LogP contribution in [-0.2, 0) is 16.1 Å². The molecule has 3 rings (SSSR count). The molecular weight excluding hydrogens is 528 g/mol. The van der Waals surface area contributed by atoms with E-state index >= 15 is 0 Å². The Morgan fingerprint density at radius 2 is 1.97 bits per heavy atom. The van der Waals surface area contributed by atoms with Crippen molar-refractivity contribution in [2.45, 2.75) is 32.2 Å². The van der Waals surface area contributed by atoms with Crippen LogP contribution >= 0.6 is 23.1 Å². The van der Waals surface area contributed by atoms with E-state index in [1.807, 2.05) is 0 Å². The number of thiophene rings is 1. The Hall–Kier alpha value is -3.78. The SMILES string of the molecule is C=CCn1c(SCC(=O)Nc2sc(C(N)=O)c(C)c2C(=O)OCC)nnc1-c1ccc(OC(F)F)cc1. The molecule has 2 heterocycles. The lowest BCUT2D eigenvalue weighted by atomic mass is 10.1. The molecule has 0 bridgehead atoms. The number of hydrogen-bond acceptors (Lipinski definition) is 9. The Morgan fingerprint density at radius 3 is 2.57 bits per heavy atom. The standard InChI is InChI=1S/C23H23F2N5O5S2/c1-4-10-30-19(13-6-8-14(9-7-13)35-22(24)25)28-29-23(30)36-11-15(31)27-20-16(21(33)34-5-2)12(3)17(37-20)18(26)32/h4,6-9,22H,1,5,10-11H2,2-3H3,(H2,26,32)(H,27,31). The second-order valence-corrected chi connectivity index (χ2v) is 9.25. The average Bonchev–Trinajstić information content (AvgIpc) is 3.38. The fraction of sp³-hybridized carbons (Fsp3) is 0.261. The van der Waals surface area contributed by atoms with Crippen molar-refractivity contribution >= 4 is 45.9 Å². The molecule has 196 valence electrons. The number of nitrogens with one attached hydrogen (secondary N) is 1. The van der Waals surface area contributed by atoms with Crippen LogP contribution in [0.15, 0.2) is 42.1 Å². The highest BCUT2D eigenvalue weighted by atomic mass is 32.2. The van der Waals surface area contributed by atoms with E-state index in [9.17, 15) is 23.2 Å². The lowest BCUT2D eigenvalue weighted by molar-refractivity contribution is -0.113. The molecule has 1 aromatic carbocycles. The first kappa shape index (κ1) is 27.8. The monoisotopic (exact) mass is 551 g/mol. The number of rotatable bonds is 12. The number of primary amides is 1. The topological polar surface area (TPSA) is 138 Å². The molecule has 0 fully saturated rings. The van der Waals surface area contributed by atoms with Gasteiger partial charge in [0.05, 0.1) is 22.8 Å². The third-order valence-electron chi connectivity index (χ3n) is 4.80. The van der Waals surface area contributed by atoms with Crippen molar-refractivity contribution in [3.05, 3.63) is 52.9 Å². The molecule has 0 radical (unpaired) electrons. The molecule has 0 unspecified atom stereocenters. The number of anilines is 1. The van der Waals surface area contributed by atoms with Gasteiger partial charge in [0.15, 0.2) is 11.0 Å². The highest BCUT2D eigenvalue weighted by molar-refractivity contribution is 7.99. The zero-order chi connectivity index (χ0) is 27.1. The number of allylic oxidation sites excluding steroid dienone is 1. The van der Waals surface area contributed by atoms with E-state index < -0.39 is 24.4 Å². The number of halogens is 2. The molecule has 0 saturated heterocycles. The molecule has 37 heavy (non-hydrogen) atoms. The van der Waals surface area contributed by atoms with Gasteiger partial charge in [0.1, 0.15) is 10.8 Å². The van der Waals surface area contributed by atoms with Gasteiger partial charge < -0.3 is 20.5 Å². The van der Waals surface area contributed by atoms with Gasteiger partial charge in [-0.25, -0.2) is 4.79 Å². The number of carbonyl (C=O) groups excluding carboxylic acids is 3. The fourth-order valence-electron chi connectivity index (χ4n) is 3.27. The van der Waals surface area contributed by atoms with Crippen LogP contribution in [0, 0.1) is 6.92 Å². The smallest absolute Gasteiger partial charge is 0.387 e. The minimum absolute atomic E-state index is 0.00491. The van der Waals surface area contributed by atoms with Crippen LogP contribution in [0.4, 0.5) is 13.8 Å². The highest BCUT2D eigenvalue weighted by Crippen LogP contribution is 2.34. The number of esters is 1. The maximum absolute atomic E-state index is 12.7. The quantitative estimate of drug-likeness (QED) is 0.195. The highest BCUT2D eigenvalue weighted by Gasteiger charge is 2.26. The van der Waals surface area contributed by atoms with Crippen LogP contribution in [-0.4, -0.2) is 51.5 Å². The molecule has 0 atom stereocenters. The molecular formula is C23H23F2N5O5S2. The van der Waals surface area contributed by atoms with Crippen molar-refractivity contribution in [1.29, 1.82) is 0 Å². The van der Waals surface area contributed by atoms with Crippen LogP contribution in [0.3, 0.4) is 0 Å². The van der Waals surface area contributed by atoms with Crippen molar-refractivity contribution in [2.75, 3.05) is 17.7 Å². The normalized spacial score (nSPS) is 10.8. The Kier molecular flexibility index (Phi) is 9.36. The summed E-state index contributed by atoms with van der Waals surface area (Å²) in [5.41, 5.74) is 6.41. The second-order valence-electron chi connectivity index (χ2n) is 7.29. The third-order valence-corrected chi connectivity index (χ3v) is 6.99. The Balaban J connectivity index is 1.77. The number of carbonyl (C=O) groups is 3. The summed E-state index contributed by atoms with van der Waals surface area (Å²) in [6.07, 6.45) is 1.62. The van der Waals surface area contributed by atoms with Gasteiger partial charge in [0.25, 0.3) is 5.91 Å². The fourth-order valence-corrected chi connectivity index (χ4v) is 5.08. The summed E-state index contributed by atoms with van der Waals surface area (Å²) in [5, 5.41) is 11.5. The van der Waals surface area contributed by atoms with Gasteiger partial charge in [-0.2, -0.15) is 8.78 Å². The first-order valence-electron chi connectivity index (χ1n) is 10.8. The average molecular weight is 552 g/mol. The number of aromatic nitrogens is 3. The predicted octanol–water partition coefficient (Wildman–Crippen LogP) is 4.11. The van der Waals surface area contributed by atoms with Crippen LogP contribution in [0.1, 0.15) is 32.5 Å². The van der Waals surface area contributed by atoms with Crippen LogP contribution in [0.25, 0.3) is 11.4 Å². The minimum Gasteiger partial charge on any atom is -0.462 e.